The monoisotopic (exact) mass is 303 g/mol. The molecule has 0 unspecified atom stereocenters. The van der Waals surface area contributed by atoms with Gasteiger partial charge < -0.3 is 10.1 Å². The Balaban J connectivity index is 2.00. The number of amides is 1. The summed E-state index contributed by atoms with van der Waals surface area (Å²) in [6, 6.07) is 10.0. The first-order chi connectivity index (χ1) is 10.7. The van der Waals surface area contributed by atoms with Crippen molar-refractivity contribution in [3.05, 3.63) is 42.0 Å². The number of carbonyl (C=O) groups is 2. The molecule has 0 atom stereocenters. The lowest BCUT2D eigenvalue weighted by atomic mass is 10.2. The fourth-order valence-corrected chi connectivity index (χ4v) is 1.99. The molecule has 1 amide bonds. The standard InChI is InChI=1S/C18H25NO3/c1-22-18(21)14-6-3-9-15-19-17(20)13-8-7-12-16-10-4-2-5-11-16/h2,4-5,7,10-12H,3,6,8-9,13-15H2,1H3,(H,19,20)/b12-7-. The molecular weight excluding hydrogens is 278 g/mol. The van der Waals surface area contributed by atoms with Gasteiger partial charge in [0, 0.05) is 19.4 Å². The molecule has 22 heavy (non-hydrogen) atoms. The van der Waals surface area contributed by atoms with Crippen molar-refractivity contribution in [3.8, 4) is 0 Å². The lowest BCUT2D eigenvalue weighted by Crippen LogP contribution is -2.23. The van der Waals surface area contributed by atoms with E-state index >= 15 is 0 Å². The molecule has 0 fully saturated rings. The Bertz CT molecular complexity index is 468. The third-order valence-electron chi connectivity index (χ3n) is 3.26. The van der Waals surface area contributed by atoms with Gasteiger partial charge in [-0.2, -0.15) is 0 Å². The lowest BCUT2D eigenvalue weighted by molar-refractivity contribution is -0.140. The minimum Gasteiger partial charge on any atom is -0.469 e. The van der Waals surface area contributed by atoms with Gasteiger partial charge in [-0.1, -0.05) is 48.9 Å². The molecular formula is C18H25NO3. The van der Waals surface area contributed by atoms with Gasteiger partial charge in [-0.3, -0.25) is 9.59 Å². The van der Waals surface area contributed by atoms with E-state index < -0.39 is 0 Å². The van der Waals surface area contributed by atoms with Crippen LogP contribution in [0, 0.1) is 0 Å². The van der Waals surface area contributed by atoms with Gasteiger partial charge in [0.25, 0.3) is 0 Å². The number of unbranched alkanes of at least 4 members (excludes halogenated alkanes) is 2. The molecule has 1 N–H and O–H groups in total. The highest BCUT2D eigenvalue weighted by Crippen LogP contribution is 2.03. The van der Waals surface area contributed by atoms with Crippen LogP contribution in [0.1, 0.15) is 44.1 Å². The average molecular weight is 303 g/mol. The number of nitrogens with one attached hydrogen (secondary N) is 1. The number of carbonyl (C=O) groups excluding carboxylic acids is 2. The number of rotatable bonds is 10. The Labute approximate surface area is 132 Å². The van der Waals surface area contributed by atoms with Gasteiger partial charge in [0.1, 0.15) is 0 Å². The Morgan fingerprint density at radius 2 is 1.86 bits per heavy atom. The first-order valence-corrected chi connectivity index (χ1v) is 7.77. The summed E-state index contributed by atoms with van der Waals surface area (Å²) in [6.07, 6.45) is 8.36. The van der Waals surface area contributed by atoms with Crippen LogP contribution in [-0.4, -0.2) is 25.5 Å². The molecule has 1 aromatic rings. The van der Waals surface area contributed by atoms with E-state index in [1.165, 1.54) is 7.11 Å². The highest BCUT2D eigenvalue weighted by atomic mass is 16.5. The van der Waals surface area contributed by atoms with Crippen LogP contribution in [0.2, 0.25) is 0 Å². The summed E-state index contributed by atoms with van der Waals surface area (Å²) >= 11 is 0. The van der Waals surface area contributed by atoms with Gasteiger partial charge in [0.2, 0.25) is 5.91 Å². The summed E-state index contributed by atoms with van der Waals surface area (Å²) in [6.45, 7) is 0.669. The van der Waals surface area contributed by atoms with Crippen molar-refractivity contribution in [2.24, 2.45) is 0 Å². The molecule has 0 aromatic heterocycles. The minimum atomic E-state index is -0.172. The topological polar surface area (TPSA) is 55.4 Å². The van der Waals surface area contributed by atoms with Gasteiger partial charge in [-0.25, -0.2) is 0 Å². The van der Waals surface area contributed by atoms with Crippen LogP contribution in [0.25, 0.3) is 6.08 Å². The van der Waals surface area contributed by atoms with Gasteiger partial charge >= 0.3 is 5.97 Å². The summed E-state index contributed by atoms with van der Waals surface area (Å²) in [7, 11) is 1.40. The molecule has 4 nitrogen and oxygen atoms in total. The Morgan fingerprint density at radius 3 is 2.59 bits per heavy atom. The van der Waals surface area contributed by atoms with Crippen molar-refractivity contribution in [1.29, 1.82) is 0 Å². The van der Waals surface area contributed by atoms with Gasteiger partial charge in [-0.15, -0.1) is 0 Å². The zero-order valence-corrected chi connectivity index (χ0v) is 13.2. The molecule has 0 aliphatic heterocycles. The zero-order chi connectivity index (χ0) is 16.0. The quantitative estimate of drug-likeness (QED) is 0.533. The molecule has 0 radical (unpaired) electrons. The van der Waals surface area contributed by atoms with Crippen molar-refractivity contribution in [2.75, 3.05) is 13.7 Å². The molecule has 0 saturated heterocycles. The molecule has 120 valence electrons. The van der Waals surface area contributed by atoms with E-state index in [4.69, 9.17) is 0 Å². The highest BCUT2D eigenvalue weighted by molar-refractivity contribution is 5.76. The fraction of sp³-hybridized carbons (Fsp3) is 0.444. The smallest absolute Gasteiger partial charge is 0.305 e. The van der Waals surface area contributed by atoms with E-state index in [0.717, 1.165) is 31.2 Å². The van der Waals surface area contributed by atoms with E-state index in [-0.39, 0.29) is 11.9 Å². The summed E-state index contributed by atoms with van der Waals surface area (Å²) in [4.78, 5) is 22.5. The first kappa shape index (κ1) is 18.0. The van der Waals surface area contributed by atoms with E-state index in [0.29, 0.717) is 19.4 Å². The molecule has 1 aromatic carbocycles. The van der Waals surface area contributed by atoms with Crippen molar-refractivity contribution >= 4 is 18.0 Å². The molecule has 0 aliphatic rings. The predicted octanol–water partition coefficient (Wildman–Crippen LogP) is 3.33. The third kappa shape index (κ3) is 8.95. The predicted molar refractivity (Wildman–Crippen MR) is 88.2 cm³/mol. The summed E-state index contributed by atoms with van der Waals surface area (Å²) in [5, 5.41) is 2.89. The SMILES string of the molecule is COC(=O)CCCCCNC(=O)CC/C=C\c1ccccc1. The second-order valence-corrected chi connectivity index (χ2v) is 5.09. The van der Waals surface area contributed by atoms with E-state index in [9.17, 15) is 9.59 Å². The Morgan fingerprint density at radius 1 is 1.09 bits per heavy atom. The maximum atomic E-state index is 11.6. The minimum absolute atomic E-state index is 0.0747. The lowest BCUT2D eigenvalue weighted by Gasteiger charge is -2.04. The van der Waals surface area contributed by atoms with Crippen LogP contribution in [-0.2, 0) is 14.3 Å². The number of hydrogen-bond donors (Lipinski definition) is 1. The number of hydrogen-bond acceptors (Lipinski definition) is 3. The van der Waals surface area contributed by atoms with Crippen molar-refractivity contribution in [2.45, 2.75) is 38.5 Å². The highest BCUT2D eigenvalue weighted by Gasteiger charge is 2.01. The van der Waals surface area contributed by atoms with E-state index in [1.54, 1.807) is 0 Å². The maximum Gasteiger partial charge on any atom is 0.305 e. The van der Waals surface area contributed by atoms with Gasteiger partial charge in [0.15, 0.2) is 0 Å². The molecule has 0 heterocycles. The van der Waals surface area contributed by atoms with Crippen molar-refractivity contribution in [1.82, 2.24) is 5.32 Å². The molecule has 4 heteroatoms. The fourth-order valence-electron chi connectivity index (χ4n) is 1.99. The third-order valence-corrected chi connectivity index (χ3v) is 3.26. The van der Waals surface area contributed by atoms with E-state index in [1.807, 2.05) is 42.5 Å². The summed E-state index contributed by atoms with van der Waals surface area (Å²) in [5.74, 6) is -0.0973. The number of benzene rings is 1. The molecule has 0 spiro atoms. The van der Waals surface area contributed by atoms with Crippen LogP contribution in [0.3, 0.4) is 0 Å². The molecule has 0 saturated carbocycles. The van der Waals surface area contributed by atoms with E-state index in [2.05, 4.69) is 10.1 Å². The van der Waals surface area contributed by atoms with Crippen molar-refractivity contribution in [3.63, 3.8) is 0 Å². The summed E-state index contributed by atoms with van der Waals surface area (Å²) in [5.41, 5.74) is 1.15. The normalized spacial score (nSPS) is 10.6. The van der Waals surface area contributed by atoms with Crippen LogP contribution in [0.5, 0.6) is 0 Å². The largest absolute Gasteiger partial charge is 0.469 e. The van der Waals surface area contributed by atoms with Crippen molar-refractivity contribution < 1.29 is 14.3 Å². The molecule has 0 bridgehead atoms. The summed E-state index contributed by atoms with van der Waals surface area (Å²) < 4.78 is 4.57. The Hall–Kier alpha value is -2.10. The Kier molecular flexibility index (Phi) is 9.42. The second kappa shape index (κ2) is 11.5. The zero-order valence-electron chi connectivity index (χ0n) is 13.2. The van der Waals surface area contributed by atoms with Crippen LogP contribution in [0.4, 0.5) is 0 Å². The number of ether oxygens (including phenoxy) is 1. The number of methoxy groups -OCH3 is 1. The maximum absolute atomic E-state index is 11.6. The molecule has 0 aliphatic carbocycles. The second-order valence-electron chi connectivity index (χ2n) is 5.09. The van der Waals surface area contributed by atoms with Gasteiger partial charge in [0.05, 0.1) is 7.11 Å². The average Bonchev–Trinajstić information content (AvgIpc) is 2.55. The van der Waals surface area contributed by atoms with Crippen LogP contribution in [0.15, 0.2) is 36.4 Å². The van der Waals surface area contributed by atoms with Crippen LogP contribution >= 0.6 is 0 Å². The van der Waals surface area contributed by atoms with Crippen LogP contribution < -0.4 is 5.32 Å². The number of esters is 1. The first-order valence-electron chi connectivity index (χ1n) is 7.77. The molecule has 1 rings (SSSR count). The van der Waals surface area contributed by atoms with Gasteiger partial charge in [-0.05, 0) is 24.8 Å². The number of allylic oxidation sites excluding steroid dienone is 1.